The molecule has 5 heteroatoms. The number of hydrogen-bond acceptors (Lipinski definition) is 0. The molecule has 36 valence electrons. The van der Waals surface area contributed by atoms with Crippen LogP contribution in [-0.4, -0.2) is 0 Å². The molecule has 0 aromatic carbocycles. The first kappa shape index (κ1) is 61.6. The van der Waals surface area contributed by atoms with E-state index in [0.717, 1.165) is 0 Å². The van der Waals surface area contributed by atoms with Gasteiger partial charge in [-0.15, -0.1) is 49.6 Å². The molecule has 0 unspecified atom stereocenters. The van der Waals surface area contributed by atoms with E-state index in [2.05, 4.69) is 0 Å². The summed E-state index contributed by atoms with van der Waals surface area (Å²) in [6.07, 6.45) is 0. The van der Waals surface area contributed by atoms with E-state index in [-0.39, 0.29) is 75.8 Å². The Morgan fingerprint density at radius 1 is 0.400 bits per heavy atom. The zero-order valence-corrected chi connectivity index (χ0v) is 7.86. The summed E-state index contributed by atoms with van der Waals surface area (Å²) in [4.78, 5) is 0. The average Bonchev–Trinajstić information content (AvgIpc) is 0. The summed E-state index contributed by atoms with van der Waals surface area (Å²) < 4.78 is 0. The van der Waals surface area contributed by atoms with Gasteiger partial charge in [-0.25, -0.2) is 0 Å². The number of hydrogen-bond donors (Lipinski definition) is 0. The maximum absolute atomic E-state index is 0. The molecule has 0 bridgehead atoms. The van der Waals surface area contributed by atoms with Gasteiger partial charge in [0.25, 0.3) is 0 Å². The van der Waals surface area contributed by atoms with Gasteiger partial charge >= 0.3 is 0 Å². The summed E-state index contributed by atoms with van der Waals surface area (Å²) in [6.45, 7) is 0. The SMILES string of the molecule is Cl.Cl.Cl.Cl.[Zr]. The van der Waals surface area contributed by atoms with E-state index in [1.807, 2.05) is 0 Å². The van der Waals surface area contributed by atoms with Crippen LogP contribution in [0.25, 0.3) is 0 Å². The first-order chi connectivity index (χ1) is 0. The van der Waals surface area contributed by atoms with Crippen molar-refractivity contribution in [1.29, 1.82) is 0 Å². The molecule has 0 aliphatic heterocycles. The van der Waals surface area contributed by atoms with E-state index in [1.165, 1.54) is 0 Å². The molecular formula is H4Cl4Zr. The van der Waals surface area contributed by atoms with E-state index in [9.17, 15) is 0 Å². The minimum atomic E-state index is 0. The van der Waals surface area contributed by atoms with Crippen molar-refractivity contribution in [2.24, 2.45) is 0 Å². The van der Waals surface area contributed by atoms with E-state index in [4.69, 9.17) is 0 Å². The van der Waals surface area contributed by atoms with Gasteiger partial charge in [0.05, 0.1) is 0 Å². The molecule has 0 nitrogen and oxygen atoms in total. The monoisotopic (exact) mass is 234 g/mol. The summed E-state index contributed by atoms with van der Waals surface area (Å²) in [6, 6.07) is 0. The van der Waals surface area contributed by atoms with Crippen molar-refractivity contribution in [3.8, 4) is 0 Å². The fraction of sp³-hybridized carbons (Fsp3) is 0. The van der Waals surface area contributed by atoms with E-state index in [0.29, 0.717) is 0 Å². The molecule has 0 aromatic rings. The van der Waals surface area contributed by atoms with Crippen molar-refractivity contribution in [3.63, 3.8) is 0 Å². The number of halogens is 4. The van der Waals surface area contributed by atoms with Gasteiger partial charge in [0.15, 0.2) is 0 Å². The van der Waals surface area contributed by atoms with Crippen LogP contribution in [0.2, 0.25) is 0 Å². The van der Waals surface area contributed by atoms with Gasteiger partial charge in [-0.1, -0.05) is 0 Å². The standard InChI is InChI=1S/4ClH.Zr/h4*1H;. The average molecular weight is 237 g/mol. The van der Waals surface area contributed by atoms with Crippen molar-refractivity contribution in [2.45, 2.75) is 0 Å². The molecule has 5 heavy (non-hydrogen) atoms. The van der Waals surface area contributed by atoms with Gasteiger partial charge in [-0.2, -0.15) is 0 Å². The Morgan fingerprint density at radius 2 is 0.400 bits per heavy atom. The van der Waals surface area contributed by atoms with Crippen molar-refractivity contribution < 1.29 is 26.2 Å². The first-order valence-corrected chi connectivity index (χ1v) is 0. The molecule has 0 aliphatic carbocycles. The third kappa shape index (κ3) is 23.7. The smallest absolute Gasteiger partial charge is 0 e. The maximum Gasteiger partial charge on any atom is 0 e. The zero-order valence-electron chi connectivity index (χ0n) is 2.13. The Kier molecular flexibility index (Phi) is 454. The van der Waals surface area contributed by atoms with Crippen LogP contribution in [0, 0.1) is 0 Å². The predicted molar refractivity (Wildman–Crippen MR) is 29.0 cm³/mol. The second kappa shape index (κ2) is 36.8. The van der Waals surface area contributed by atoms with Crippen LogP contribution in [0.4, 0.5) is 0 Å². The fourth-order valence-electron chi connectivity index (χ4n) is 0. The summed E-state index contributed by atoms with van der Waals surface area (Å²) >= 11 is 0. The molecule has 0 aromatic heterocycles. The molecule has 0 saturated carbocycles. The Labute approximate surface area is 75.2 Å². The largest absolute Gasteiger partial charge is 0.147 e. The molecular weight excluding hydrogens is 233 g/mol. The summed E-state index contributed by atoms with van der Waals surface area (Å²) in [5.41, 5.74) is 0. The van der Waals surface area contributed by atoms with Crippen LogP contribution in [0.5, 0.6) is 0 Å². The molecule has 0 saturated heterocycles. The molecule has 0 spiro atoms. The van der Waals surface area contributed by atoms with Crippen LogP contribution in [-0.2, 0) is 26.2 Å². The zero-order chi connectivity index (χ0) is 0. The van der Waals surface area contributed by atoms with Gasteiger partial charge < -0.3 is 0 Å². The second-order valence-corrected chi connectivity index (χ2v) is 0. The van der Waals surface area contributed by atoms with Gasteiger partial charge in [0.2, 0.25) is 0 Å². The summed E-state index contributed by atoms with van der Waals surface area (Å²) in [5, 5.41) is 0. The van der Waals surface area contributed by atoms with Crippen molar-refractivity contribution >= 4 is 49.6 Å². The second-order valence-electron chi connectivity index (χ2n) is 0. The van der Waals surface area contributed by atoms with Crippen LogP contribution >= 0.6 is 49.6 Å². The molecule has 0 N–H and O–H groups in total. The molecule has 0 amide bonds. The van der Waals surface area contributed by atoms with E-state index in [1.54, 1.807) is 0 Å². The van der Waals surface area contributed by atoms with Crippen LogP contribution in [0.3, 0.4) is 0 Å². The van der Waals surface area contributed by atoms with Gasteiger partial charge in [-0.05, 0) is 0 Å². The molecule has 0 rings (SSSR count). The number of rotatable bonds is 0. The topological polar surface area (TPSA) is 0 Å². The molecule has 0 radical (unpaired) electrons. The minimum Gasteiger partial charge on any atom is -0.147 e. The first-order valence-electron chi connectivity index (χ1n) is 0. The third-order valence-electron chi connectivity index (χ3n) is 0. The van der Waals surface area contributed by atoms with Crippen LogP contribution < -0.4 is 0 Å². The van der Waals surface area contributed by atoms with Gasteiger partial charge in [-0.3, -0.25) is 0 Å². The van der Waals surface area contributed by atoms with Crippen LogP contribution in [0.15, 0.2) is 0 Å². The van der Waals surface area contributed by atoms with Gasteiger partial charge in [0.1, 0.15) is 0 Å². The molecule has 0 heterocycles. The minimum absolute atomic E-state index is 0. The Morgan fingerprint density at radius 3 is 0.400 bits per heavy atom. The van der Waals surface area contributed by atoms with Gasteiger partial charge in [0, 0.05) is 26.2 Å². The predicted octanol–water partition coefficient (Wildman–Crippen LogP) is 1.68. The van der Waals surface area contributed by atoms with E-state index >= 15 is 0 Å². The third-order valence-corrected chi connectivity index (χ3v) is 0. The van der Waals surface area contributed by atoms with Crippen molar-refractivity contribution in [3.05, 3.63) is 0 Å². The fourth-order valence-corrected chi connectivity index (χ4v) is 0. The quantitative estimate of drug-likeness (QED) is 0.601. The van der Waals surface area contributed by atoms with Crippen LogP contribution in [0.1, 0.15) is 0 Å². The summed E-state index contributed by atoms with van der Waals surface area (Å²) in [5.74, 6) is 0. The normalized spacial score (nSPS) is 0. The molecule has 0 fully saturated rings. The molecule has 0 aliphatic rings. The Hall–Kier alpha value is 2.04. The maximum atomic E-state index is 0. The Balaban J connectivity index is 0. The van der Waals surface area contributed by atoms with Crippen molar-refractivity contribution in [1.82, 2.24) is 0 Å². The van der Waals surface area contributed by atoms with E-state index < -0.39 is 0 Å². The molecule has 0 atom stereocenters. The van der Waals surface area contributed by atoms with Crippen molar-refractivity contribution in [2.75, 3.05) is 0 Å². The Bertz CT molecular complexity index is 3.61. The summed E-state index contributed by atoms with van der Waals surface area (Å²) in [7, 11) is 0.